The molecule has 0 saturated heterocycles. The summed E-state index contributed by atoms with van der Waals surface area (Å²) in [7, 11) is 0. The molecule has 1 atom stereocenters. The molecule has 0 aliphatic rings. The lowest BCUT2D eigenvalue weighted by molar-refractivity contribution is 0.205. The number of fused-ring (bicyclic) bond motifs is 2. The molecule has 4 rings (SSSR count). The minimum Gasteiger partial charge on any atom is -0.383 e. The van der Waals surface area contributed by atoms with Crippen molar-refractivity contribution in [3.63, 3.8) is 0 Å². The standard InChI is InChI=1S/C21H11F5O/c22-16-15(17(23)19(25)20(26)18(16)24)21(27)14-12-7-3-1-5-10(12)9-11-6-2-4-8-13(11)14/h1-9,21,27H. The maximum atomic E-state index is 14.3. The molecule has 1 nitrogen and oxygen atoms in total. The van der Waals surface area contributed by atoms with Crippen LogP contribution < -0.4 is 0 Å². The number of hydrogen-bond donors (Lipinski definition) is 1. The summed E-state index contributed by atoms with van der Waals surface area (Å²) < 4.78 is 69.1. The number of hydrogen-bond acceptors (Lipinski definition) is 1. The van der Waals surface area contributed by atoms with Gasteiger partial charge >= 0.3 is 0 Å². The Kier molecular flexibility index (Phi) is 4.08. The van der Waals surface area contributed by atoms with Crippen LogP contribution >= 0.6 is 0 Å². The van der Waals surface area contributed by atoms with Gasteiger partial charge in [0, 0.05) is 5.56 Å². The molecule has 0 aliphatic heterocycles. The third kappa shape index (κ3) is 2.56. The molecular weight excluding hydrogens is 363 g/mol. The number of aliphatic hydroxyl groups is 1. The molecule has 0 fully saturated rings. The van der Waals surface area contributed by atoms with Crippen molar-refractivity contribution in [2.75, 3.05) is 0 Å². The Morgan fingerprint density at radius 3 is 1.44 bits per heavy atom. The first-order chi connectivity index (χ1) is 12.9. The SMILES string of the molecule is OC(c1c(F)c(F)c(F)c(F)c1F)c1c2ccccc2cc2ccccc12. The smallest absolute Gasteiger partial charge is 0.200 e. The summed E-state index contributed by atoms with van der Waals surface area (Å²) in [5, 5.41) is 13.0. The number of rotatable bonds is 2. The normalized spacial score (nSPS) is 12.7. The lowest BCUT2D eigenvalue weighted by Gasteiger charge is -2.19. The van der Waals surface area contributed by atoms with E-state index in [9.17, 15) is 27.1 Å². The van der Waals surface area contributed by atoms with Crippen LogP contribution in [0.25, 0.3) is 21.5 Å². The maximum Gasteiger partial charge on any atom is 0.200 e. The Balaban J connectivity index is 2.11. The van der Waals surface area contributed by atoms with Gasteiger partial charge in [-0.15, -0.1) is 0 Å². The van der Waals surface area contributed by atoms with Crippen LogP contribution in [0, 0.1) is 29.1 Å². The highest BCUT2D eigenvalue weighted by Gasteiger charge is 2.31. The Hall–Kier alpha value is -2.99. The second-order valence-electron chi connectivity index (χ2n) is 6.12. The highest BCUT2D eigenvalue weighted by molar-refractivity contribution is 6.02. The van der Waals surface area contributed by atoms with Crippen LogP contribution in [-0.2, 0) is 0 Å². The molecule has 0 bridgehead atoms. The summed E-state index contributed by atoms with van der Waals surface area (Å²) in [5.41, 5.74) is -1.19. The van der Waals surface area contributed by atoms with Gasteiger partial charge in [-0.2, -0.15) is 0 Å². The van der Waals surface area contributed by atoms with E-state index >= 15 is 0 Å². The monoisotopic (exact) mass is 374 g/mol. The molecule has 0 aromatic heterocycles. The molecule has 0 saturated carbocycles. The van der Waals surface area contributed by atoms with Crippen LogP contribution in [0.3, 0.4) is 0 Å². The largest absolute Gasteiger partial charge is 0.383 e. The number of halogens is 5. The predicted molar refractivity (Wildman–Crippen MR) is 91.7 cm³/mol. The fraction of sp³-hybridized carbons (Fsp3) is 0.0476. The maximum absolute atomic E-state index is 14.3. The summed E-state index contributed by atoms with van der Waals surface area (Å²) in [6.07, 6.45) is -2.05. The Bertz CT molecular complexity index is 1120. The van der Waals surface area contributed by atoms with Crippen molar-refractivity contribution < 1.29 is 27.1 Å². The van der Waals surface area contributed by atoms with E-state index < -0.39 is 40.8 Å². The lowest BCUT2D eigenvalue weighted by atomic mass is 9.90. The number of benzene rings is 4. The molecule has 1 N–H and O–H groups in total. The highest BCUT2D eigenvalue weighted by atomic mass is 19.2. The Morgan fingerprint density at radius 1 is 0.556 bits per heavy atom. The van der Waals surface area contributed by atoms with Crippen molar-refractivity contribution in [1.82, 2.24) is 0 Å². The predicted octanol–water partition coefficient (Wildman–Crippen LogP) is 5.77. The van der Waals surface area contributed by atoms with E-state index in [-0.39, 0.29) is 5.56 Å². The minimum atomic E-state index is -2.26. The Morgan fingerprint density at radius 2 is 0.963 bits per heavy atom. The van der Waals surface area contributed by atoms with Gasteiger partial charge in [0.05, 0.1) is 5.56 Å². The summed E-state index contributed by atoms with van der Waals surface area (Å²) >= 11 is 0. The summed E-state index contributed by atoms with van der Waals surface area (Å²) in [6, 6.07) is 15.3. The van der Waals surface area contributed by atoms with Crippen molar-refractivity contribution in [2.45, 2.75) is 6.10 Å². The fourth-order valence-corrected chi connectivity index (χ4v) is 3.35. The molecule has 27 heavy (non-hydrogen) atoms. The van der Waals surface area contributed by atoms with Crippen molar-refractivity contribution in [1.29, 1.82) is 0 Å². The fourth-order valence-electron chi connectivity index (χ4n) is 3.35. The zero-order chi connectivity index (χ0) is 19.3. The van der Waals surface area contributed by atoms with Crippen molar-refractivity contribution in [3.05, 3.63) is 94.8 Å². The topological polar surface area (TPSA) is 20.2 Å². The van der Waals surface area contributed by atoms with Crippen molar-refractivity contribution in [2.24, 2.45) is 0 Å². The van der Waals surface area contributed by atoms with E-state index in [0.29, 0.717) is 21.5 Å². The molecule has 0 heterocycles. The van der Waals surface area contributed by atoms with Gasteiger partial charge in [0.2, 0.25) is 5.82 Å². The molecule has 0 aliphatic carbocycles. The summed E-state index contributed by atoms with van der Waals surface area (Å²) in [5.74, 6) is -10.5. The first-order valence-corrected chi connectivity index (χ1v) is 8.01. The highest BCUT2D eigenvalue weighted by Crippen LogP contribution is 2.38. The summed E-state index contributed by atoms with van der Waals surface area (Å²) in [6.45, 7) is 0. The molecular formula is C21H11F5O. The van der Waals surface area contributed by atoms with Gasteiger partial charge in [0.1, 0.15) is 6.10 Å². The van der Waals surface area contributed by atoms with Crippen LogP contribution in [0.1, 0.15) is 17.2 Å². The molecule has 0 spiro atoms. The summed E-state index contributed by atoms with van der Waals surface area (Å²) in [4.78, 5) is 0. The van der Waals surface area contributed by atoms with E-state index in [1.807, 2.05) is 6.07 Å². The van der Waals surface area contributed by atoms with Gasteiger partial charge in [-0.1, -0.05) is 48.5 Å². The first-order valence-electron chi connectivity index (χ1n) is 8.01. The van der Waals surface area contributed by atoms with Crippen LogP contribution in [0.4, 0.5) is 22.0 Å². The van der Waals surface area contributed by atoms with E-state index in [0.717, 1.165) is 0 Å². The zero-order valence-corrected chi connectivity index (χ0v) is 13.6. The molecule has 136 valence electrons. The van der Waals surface area contributed by atoms with E-state index in [2.05, 4.69) is 0 Å². The quantitative estimate of drug-likeness (QED) is 0.204. The second-order valence-corrected chi connectivity index (χ2v) is 6.12. The van der Waals surface area contributed by atoms with Gasteiger partial charge in [-0.3, -0.25) is 0 Å². The first kappa shape index (κ1) is 17.4. The average Bonchev–Trinajstić information content (AvgIpc) is 2.69. The van der Waals surface area contributed by atoms with Crippen LogP contribution in [-0.4, -0.2) is 5.11 Å². The zero-order valence-electron chi connectivity index (χ0n) is 13.6. The van der Waals surface area contributed by atoms with Gasteiger partial charge in [0.25, 0.3) is 0 Å². The molecule has 6 heteroatoms. The van der Waals surface area contributed by atoms with Crippen molar-refractivity contribution >= 4 is 21.5 Å². The molecule has 0 amide bonds. The van der Waals surface area contributed by atoms with E-state index in [4.69, 9.17) is 0 Å². The molecule has 1 unspecified atom stereocenters. The van der Waals surface area contributed by atoms with Gasteiger partial charge in [-0.05, 0) is 27.6 Å². The van der Waals surface area contributed by atoms with Crippen LogP contribution in [0.5, 0.6) is 0 Å². The Labute approximate surface area is 150 Å². The van der Waals surface area contributed by atoms with E-state index in [1.54, 1.807) is 48.5 Å². The van der Waals surface area contributed by atoms with Crippen LogP contribution in [0.15, 0.2) is 54.6 Å². The third-order valence-corrected chi connectivity index (χ3v) is 4.60. The molecule has 4 aromatic rings. The van der Waals surface area contributed by atoms with Crippen LogP contribution in [0.2, 0.25) is 0 Å². The number of aliphatic hydroxyl groups excluding tert-OH is 1. The minimum absolute atomic E-state index is 0.0758. The van der Waals surface area contributed by atoms with E-state index in [1.165, 1.54) is 0 Å². The lowest BCUT2D eigenvalue weighted by Crippen LogP contribution is -2.13. The molecule has 4 aromatic carbocycles. The van der Waals surface area contributed by atoms with Gasteiger partial charge in [0.15, 0.2) is 23.3 Å². The average molecular weight is 374 g/mol. The second kappa shape index (κ2) is 6.32. The van der Waals surface area contributed by atoms with Gasteiger partial charge in [-0.25, -0.2) is 22.0 Å². The van der Waals surface area contributed by atoms with Gasteiger partial charge < -0.3 is 5.11 Å². The molecule has 0 radical (unpaired) electrons. The van der Waals surface area contributed by atoms with Crippen molar-refractivity contribution in [3.8, 4) is 0 Å². The third-order valence-electron chi connectivity index (χ3n) is 4.60.